The summed E-state index contributed by atoms with van der Waals surface area (Å²) < 4.78 is 5.17. The molecule has 1 saturated carbocycles. The third kappa shape index (κ3) is 2.39. The second kappa shape index (κ2) is 4.63. The standard InChI is InChI=1S/C14H20N2O3/c1-8-11(9(2)19-15-8)5-16-6-12(10-3-4-10)13(7-16)14(17)18/h10,12-13H,3-7H2,1-2H3,(H,17,18). The maximum atomic E-state index is 11.4. The third-order valence-corrected chi connectivity index (χ3v) is 4.55. The van der Waals surface area contributed by atoms with E-state index < -0.39 is 5.97 Å². The van der Waals surface area contributed by atoms with Crippen LogP contribution in [0.4, 0.5) is 0 Å². The molecule has 1 N–H and O–H groups in total. The van der Waals surface area contributed by atoms with Crippen LogP contribution in [-0.4, -0.2) is 34.2 Å². The fourth-order valence-electron chi connectivity index (χ4n) is 3.26. The summed E-state index contributed by atoms with van der Waals surface area (Å²) >= 11 is 0. The van der Waals surface area contributed by atoms with Crippen LogP contribution in [0.25, 0.3) is 0 Å². The Balaban J connectivity index is 1.71. The summed E-state index contributed by atoms with van der Waals surface area (Å²) in [7, 11) is 0. The summed E-state index contributed by atoms with van der Waals surface area (Å²) in [5.41, 5.74) is 2.03. The van der Waals surface area contributed by atoms with Crippen molar-refractivity contribution in [1.29, 1.82) is 0 Å². The number of aromatic nitrogens is 1. The number of nitrogens with zero attached hydrogens (tertiary/aromatic N) is 2. The molecule has 5 heteroatoms. The van der Waals surface area contributed by atoms with Gasteiger partial charge < -0.3 is 9.63 Å². The molecule has 2 fully saturated rings. The first-order chi connectivity index (χ1) is 9.06. The minimum absolute atomic E-state index is 0.201. The average Bonchev–Trinajstić information content (AvgIpc) is 3.05. The molecule has 2 unspecified atom stereocenters. The fraction of sp³-hybridized carbons (Fsp3) is 0.714. The van der Waals surface area contributed by atoms with Gasteiger partial charge in [0.15, 0.2) is 0 Å². The first-order valence-electron chi connectivity index (χ1n) is 6.93. The normalized spacial score (nSPS) is 27.9. The number of carboxylic acid groups (broad SMARTS) is 1. The van der Waals surface area contributed by atoms with Crippen molar-refractivity contribution >= 4 is 5.97 Å². The number of rotatable bonds is 4. The van der Waals surface area contributed by atoms with E-state index in [2.05, 4.69) is 10.1 Å². The summed E-state index contributed by atoms with van der Waals surface area (Å²) in [6.45, 7) is 6.16. The van der Waals surface area contributed by atoms with Gasteiger partial charge in [0.25, 0.3) is 0 Å². The van der Waals surface area contributed by atoms with Gasteiger partial charge in [0.1, 0.15) is 5.76 Å². The van der Waals surface area contributed by atoms with Crippen molar-refractivity contribution in [2.75, 3.05) is 13.1 Å². The number of carboxylic acids is 1. The van der Waals surface area contributed by atoms with E-state index in [1.165, 1.54) is 12.8 Å². The molecule has 0 spiro atoms. The molecule has 2 aliphatic rings. The molecule has 2 heterocycles. The molecule has 19 heavy (non-hydrogen) atoms. The highest BCUT2D eigenvalue weighted by Crippen LogP contribution is 2.44. The Bertz CT molecular complexity index is 473. The van der Waals surface area contributed by atoms with Crippen LogP contribution in [0.3, 0.4) is 0 Å². The van der Waals surface area contributed by atoms with Gasteiger partial charge in [-0.05, 0) is 38.5 Å². The van der Waals surface area contributed by atoms with Crippen molar-refractivity contribution in [3.8, 4) is 0 Å². The Morgan fingerprint density at radius 3 is 2.68 bits per heavy atom. The monoisotopic (exact) mass is 264 g/mol. The van der Waals surface area contributed by atoms with Crippen LogP contribution in [0.5, 0.6) is 0 Å². The van der Waals surface area contributed by atoms with Crippen molar-refractivity contribution in [3.05, 3.63) is 17.0 Å². The minimum Gasteiger partial charge on any atom is -0.481 e. The van der Waals surface area contributed by atoms with Gasteiger partial charge in [0.2, 0.25) is 0 Å². The molecule has 2 atom stereocenters. The molecule has 3 rings (SSSR count). The van der Waals surface area contributed by atoms with Gasteiger partial charge in [-0.2, -0.15) is 0 Å². The summed E-state index contributed by atoms with van der Waals surface area (Å²) in [5, 5.41) is 13.3. The van der Waals surface area contributed by atoms with Crippen molar-refractivity contribution in [3.63, 3.8) is 0 Å². The fourth-order valence-corrected chi connectivity index (χ4v) is 3.26. The van der Waals surface area contributed by atoms with Crippen LogP contribution < -0.4 is 0 Å². The molecule has 104 valence electrons. The largest absolute Gasteiger partial charge is 0.481 e. The molecule has 1 saturated heterocycles. The molecule has 0 bridgehead atoms. The third-order valence-electron chi connectivity index (χ3n) is 4.55. The minimum atomic E-state index is -0.641. The highest BCUT2D eigenvalue weighted by atomic mass is 16.5. The Morgan fingerprint density at radius 1 is 1.42 bits per heavy atom. The van der Waals surface area contributed by atoms with Gasteiger partial charge in [-0.15, -0.1) is 0 Å². The van der Waals surface area contributed by atoms with Crippen LogP contribution in [0.1, 0.15) is 29.9 Å². The molecular weight excluding hydrogens is 244 g/mol. The molecule has 5 nitrogen and oxygen atoms in total. The van der Waals surface area contributed by atoms with E-state index in [-0.39, 0.29) is 5.92 Å². The van der Waals surface area contributed by atoms with Crippen LogP contribution >= 0.6 is 0 Å². The van der Waals surface area contributed by atoms with E-state index in [0.717, 1.165) is 30.1 Å². The molecule has 1 aromatic heterocycles. The van der Waals surface area contributed by atoms with Gasteiger partial charge >= 0.3 is 5.97 Å². The van der Waals surface area contributed by atoms with E-state index in [1.807, 2.05) is 13.8 Å². The molecule has 0 amide bonds. The second-order valence-electron chi connectivity index (χ2n) is 5.94. The Labute approximate surface area is 112 Å². The second-order valence-corrected chi connectivity index (χ2v) is 5.94. The van der Waals surface area contributed by atoms with E-state index in [4.69, 9.17) is 4.52 Å². The quantitative estimate of drug-likeness (QED) is 0.898. The predicted molar refractivity (Wildman–Crippen MR) is 68.6 cm³/mol. The maximum absolute atomic E-state index is 11.4. The van der Waals surface area contributed by atoms with E-state index in [9.17, 15) is 9.90 Å². The molecular formula is C14H20N2O3. The molecule has 0 radical (unpaired) electrons. The van der Waals surface area contributed by atoms with Crippen LogP contribution in [0.2, 0.25) is 0 Å². The van der Waals surface area contributed by atoms with E-state index in [0.29, 0.717) is 18.4 Å². The zero-order chi connectivity index (χ0) is 13.6. The van der Waals surface area contributed by atoms with Crippen LogP contribution in [0, 0.1) is 31.6 Å². The van der Waals surface area contributed by atoms with Crippen molar-refractivity contribution in [1.82, 2.24) is 10.1 Å². The van der Waals surface area contributed by atoms with Crippen molar-refractivity contribution in [2.24, 2.45) is 17.8 Å². The van der Waals surface area contributed by atoms with E-state index in [1.54, 1.807) is 0 Å². The zero-order valence-corrected chi connectivity index (χ0v) is 11.4. The van der Waals surface area contributed by atoms with Crippen LogP contribution in [0.15, 0.2) is 4.52 Å². The smallest absolute Gasteiger partial charge is 0.308 e. The summed E-state index contributed by atoms with van der Waals surface area (Å²) in [6, 6.07) is 0. The number of likely N-dealkylation sites (tertiary alicyclic amines) is 1. The lowest BCUT2D eigenvalue weighted by atomic mass is 9.92. The Morgan fingerprint density at radius 2 is 2.16 bits per heavy atom. The number of aryl methyl sites for hydroxylation is 2. The number of aliphatic carboxylic acids is 1. The van der Waals surface area contributed by atoms with Gasteiger partial charge in [-0.1, -0.05) is 5.16 Å². The Kier molecular flexibility index (Phi) is 3.09. The lowest BCUT2D eigenvalue weighted by Crippen LogP contribution is -2.24. The van der Waals surface area contributed by atoms with Gasteiger partial charge in [0, 0.05) is 25.2 Å². The first-order valence-corrected chi connectivity index (χ1v) is 6.93. The van der Waals surface area contributed by atoms with Gasteiger partial charge in [0.05, 0.1) is 11.6 Å². The van der Waals surface area contributed by atoms with E-state index >= 15 is 0 Å². The SMILES string of the molecule is Cc1noc(C)c1CN1CC(C(=O)O)C(C2CC2)C1. The summed E-state index contributed by atoms with van der Waals surface area (Å²) in [6.07, 6.45) is 2.40. The topological polar surface area (TPSA) is 66.6 Å². The van der Waals surface area contributed by atoms with Crippen LogP contribution in [-0.2, 0) is 11.3 Å². The lowest BCUT2D eigenvalue weighted by molar-refractivity contribution is -0.142. The highest BCUT2D eigenvalue weighted by Gasteiger charge is 2.45. The predicted octanol–water partition coefficient (Wildman–Crippen LogP) is 1.83. The number of carbonyl (C=O) groups is 1. The number of hydrogen-bond acceptors (Lipinski definition) is 4. The Hall–Kier alpha value is -1.36. The molecule has 1 aliphatic carbocycles. The molecule has 1 aliphatic heterocycles. The van der Waals surface area contributed by atoms with Crippen molar-refractivity contribution < 1.29 is 14.4 Å². The average molecular weight is 264 g/mol. The lowest BCUT2D eigenvalue weighted by Gasteiger charge is -2.15. The number of hydrogen-bond donors (Lipinski definition) is 1. The molecule has 1 aromatic rings. The zero-order valence-electron chi connectivity index (χ0n) is 11.4. The van der Waals surface area contributed by atoms with Crippen molar-refractivity contribution in [2.45, 2.75) is 33.2 Å². The summed E-state index contributed by atoms with van der Waals surface area (Å²) in [4.78, 5) is 13.6. The first kappa shape index (κ1) is 12.7. The molecule has 0 aromatic carbocycles. The van der Waals surface area contributed by atoms with Gasteiger partial charge in [-0.3, -0.25) is 9.69 Å². The van der Waals surface area contributed by atoms with Gasteiger partial charge in [-0.25, -0.2) is 0 Å². The highest BCUT2D eigenvalue weighted by molar-refractivity contribution is 5.71. The maximum Gasteiger partial charge on any atom is 0.308 e. The summed E-state index contributed by atoms with van der Waals surface area (Å²) in [5.74, 6) is 0.971.